The van der Waals surface area contributed by atoms with Crippen LogP contribution < -0.4 is 5.32 Å². The maximum atomic E-state index is 14.0. The smallest absolute Gasteiger partial charge is 0.329 e. The van der Waals surface area contributed by atoms with Gasteiger partial charge in [-0.3, -0.25) is 14.9 Å². The Labute approximate surface area is 118 Å². The molecule has 1 amide bonds. The number of hydrogen-bond donors (Lipinski definition) is 2. The van der Waals surface area contributed by atoms with Gasteiger partial charge >= 0.3 is 5.97 Å². The van der Waals surface area contributed by atoms with Crippen LogP contribution in [0.1, 0.15) is 35.2 Å². The quantitative estimate of drug-likeness (QED) is 0.650. The molecular formula is C13H13FN2O5. The minimum atomic E-state index is -1.40. The van der Waals surface area contributed by atoms with Crippen LogP contribution in [0.25, 0.3) is 0 Å². The van der Waals surface area contributed by atoms with Crippen LogP contribution in [-0.2, 0) is 4.79 Å². The number of non-ortho nitro benzene ring substituents is 1. The largest absolute Gasteiger partial charge is 0.480 e. The molecule has 8 heteroatoms. The third-order valence-corrected chi connectivity index (χ3v) is 3.66. The van der Waals surface area contributed by atoms with Crippen molar-refractivity contribution in [3.05, 3.63) is 39.2 Å². The average Bonchev–Trinajstić information content (AvgIpc) is 2.35. The number of nitrogens with zero attached hydrogens (tertiary/aromatic N) is 1. The van der Waals surface area contributed by atoms with Gasteiger partial charge in [0.25, 0.3) is 11.6 Å². The van der Waals surface area contributed by atoms with Crippen LogP contribution in [0.5, 0.6) is 0 Å². The molecule has 1 fully saturated rings. The van der Waals surface area contributed by atoms with E-state index in [0.29, 0.717) is 6.42 Å². The van der Waals surface area contributed by atoms with Crippen molar-refractivity contribution >= 4 is 17.6 Å². The minimum Gasteiger partial charge on any atom is -0.480 e. The number of carboxylic acids is 1. The lowest BCUT2D eigenvalue weighted by atomic mass is 9.76. The van der Waals surface area contributed by atoms with E-state index in [0.717, 1.165) is 12.1 Å². The van der Waals surface area contributed by atoms with Crippen molar-refractivity contribution in [2.75, 3.05) is 0 Å². The zero-order valence-electron chi connectivity index (χ0n) is 11.2. The Morgan fingerprint density at radius 1 is 1.43 bits per heavy atom. The summed E-state index contributed by atoms with van der Waals surface area (Å²) in [4.78, 5) is 33.3. The molecule has 0 aliphatic heterocycles. The molecule has 112 valence electrons. The molecule has 0 atom stereocenters. The number of nitro benzene ring substituents is 1. The summed E-state index contributed by atoms with van der Waals surface area (Å²) in [6, 6.07) is 1.83. The van der Waals surface area contributed by atoms with Crippen LogP contribution in [0.4, 0.5) is 10.1 Å². The van der Waals surface area contributed by atoms with Crippen LogP contribution in [0.15, 0.2) is 12.1 Å². The predicted molar refractivity (Wildman–Crippen MR) is 69.5 cm³/mol. The molecule has 0 radical (unpaired) electrons. The number of rotatable bonds is 4. The molecule has 21 heavy (non-hydrogen) atoms. The molecule has 0 aromatic heterocycles. The number of halogens is 1. The molecule has 1 aliphatic carbocycles. The number of hydrogen-bond acceptors (Lipinski definition) is 4. The van der Waals surface area contributed by atoms with E-state index in [1.807, 2.05) is 0 Å². The van der Waals surface area contributed by atoms with Gasteiger partial charge in [-0.15, -0.1) is 0 Å². The highest BCUT2D eigenvalue weighted by molar-refractivity contribution is 5.99. The molecule has 7 nitrogen and oxygen atoms in total. The number of carbonyl (C=O) groups excluding carboxylic acids is 1. The SMILES string of the molecule is Cc1cc([N+](=O)[O-])cc(C(=O)NC2(C(=O)O)CCC2)c1F. The monoisotopic (exact) mass is 296 g/mol. The second-order valence-corrected chi connectivity index (χ2v) is 5.08. The normalized spacial score (nSPS) is 15.9. The fraction of sp³-hybridized carbons (Fsp3) is 0.385. The van der Waals surface area contributed by atoms with Crippen LogP contribution in [-0.4, -0.2) is 27.4 Å². The van der Waals surface area contributed by atoms with E-state index in [1.165, 1.54) is 6.92 Å². The Morgan fingerprint density at radius 3 is 2.48 bits per heavy atom. The first-order valence-corrected chi connectivity index (χ1v) is 6.27. The summed E-state index contributed by atoms with van der Waals surface area (Å²) in [7, 11) is 0. The maximum Gasteiger partial charge on any atom is 0.329 e. The number of aliphatic carboxylic acids is 1. The fourth-order valence-electron chi connectivity index (χ4n) is 2.23. The van der Waals surface area contributed by atoms with Gasteiger partial charge < -0.3 is 10.4 Å². The zero-order valence-corrected chi connectivity index (χ0v) is 11.2. The first kappa shape index (κ1) is 14.9. The Morgan fingerprint density at radius 2 is 2.05 bits per heavy atom. The molecule has 0 spiro atoms. The molecule has 0 unspecified atom stereocenters. The Balaban J connectivity index is 2.35. The molecule has 2 N–H and O–H groups in total. The van der Waals surface area contributed by atoms with Gasteiger partial charge in [0.2, 0.25) is 0 Å². The maximum absolute atomic E-state index is 14.0. The molecule has 0 bridgehead atoms. The lowest BCUT2D eigenvalue weighted by molar-refractivity contribution is -0.385. The number of amides is 1. The lowest BCUT2D eigenvalue weighted by Crippen LogP contribution is -2.59. The van der Waals surface area contributed by atoms with Crippen molar-refractivity contribution < 1.29 is 24.0 Å². The second-order valence-electron chi connectivity index (χ2n) is 5.08. The van der Waals surface area contributed by atoms with Crippen LogP contribution in [0.3, 0.4) is 0 Å². The van der Waals surface area contributed by atoms with E-state index < -0.39 is 39.4 Å². The summed E-state index contributed by atoms with van der Waals surface area (Å²) in [5.41, 5.74) is -2.39. The Bertz CT molecular complexity index is 640. The number of nitrogens with one attached hydrogen (secondary N) is 1. The van der Waals surface area contributed by atoms with Gasteiger partial charge in [-0.2, -0.15) is 0 Å². The summed E-state index contributed by atoms with van der Waals surface area (Å²) >= 11 is 0. The highest BCUT2D eigenvalue weighted by atomic mass is 19.1. The summed E-state index contributed by atoms with van der Waals surface area (Å²) < 4.78 is 14.0. The summed E-state index contributed by atoms with van der Waals surface area (Å²) in [6.45, 7) is 1.30. The first-order valence-electron chi connectivity index (χ1n) is 6.27. The van der Waals surface area contributed by atoms with Gasteiger partial charge in [-0.25, -0.2) is 9.18 Å². The van der Waals surface area contributed by atoms with Crippen molar-refractivity contribution in [2.45, 2.75) is 31.7 Å². The van der Waals surface area contributed by atoms with Gasteiger partial charge in [0, 0.05) is 12.1 Å². The van der Waals surface area contributed by atoms with E-state index >= 15 is 0 Å². The third kappa shape index (κ3) is 2.56. The molecule has 1 aromatic carbocycles. The van der Waals surface area contributed by atoms with Gasteiger partial charge in [0.05, 0.1) is 10.5 Å². The zero-order chi connectivity index (χ0) is 15.8. The van der Waals surface area contributed by atoms with Crippen LogP contribution in [0, 0.1) is 22.9 Å². The van der Waals surface area contributed by atoms with Crippen LogP contribution >= 0.6 is 0 Å². The average molecular weight is 296 g/mol. The first-order chi connectivity index (χ1) is 9.77. The number of nitro groups is 1. The van der Waals surface area contributed by atoms with Crippen molar-refractivity contribution in [2.24, 2.45) is 0 Å². The van der Waals surface area contributed by atoms with Gasteiger partial charge in [-0.05, 0) is 31.7 Å². The molecule has 1 saturated carbocycles. The Hall–Kier alpha value is -2.51. The van der Waals surface area contributed by atoms with Gasteiger partial charge in [0.15, 0.2) is 0 Å². The third-order valence-electron chi connectivity index (χ3n) is 3.66. The second kappa shape index (κ2) is 5.12. The number of carbonyl (C=O) groups is 2. The fourth-order valence-corrected chi connectivity index (χ4v) is 2.23. The molecular weight excluding hydrogens is 283 g/mol. The molecule has 2 rings (SSSR count). The van der Waals surface area contributed by atoms with E-state index in [2.05, 4.69) is 5.32 Å². The van der Waals surface area contributed by atoms with E-state index in [1.54, 1.807) is 0 Å². The van der Waals surface area contributed by atoms with E-state index in [-0.39, 0.29) is 18.4 Å². The predicted octanol–water partition coefficient (Wildman–Crippen LogP) is 1.78. The highest BCUT2D eigenvalue weighted by Gasteiger charge is 2.46. The van der Waals surface area contributed by atoms with Gasteiger partial charge in [-0.1, -0.05) is 0 Å². The minimum absolute atomic E-state index is 0.0488. The van der Waals surface area contributed by atoms with Crippen molar-refractivity contribution in [1.82, 2.24) is 5.32 Å². The highest BCUT2D eigenvalue weighted by Crippen LogP contribution is 2.33. The van der Waals surface area contributed by atoms with Crippen molar-refractivity contribution in [3.8, 4) is 0 Å². The summed E-state index contributed by atoms with van der Waals surface area (Å²) in [5.74, 6) is -3.04. The molecule has 1 aliphatic rings. The Kier molecular flexibility index (Phi) is 3.63. The summed E-state index contributed by atoms with van der Waals surface area (Å²) in [6.07, 6.45) is 1.15. The lowest BCUT2D eigenvalue weighted by Gasteiger charge is -2.38. The standard InChI is InChI=1S/C13H13FN2O5/c1-7-5-8(16(20)21)6-9(10(7)14)11(17)15-13(12(18)19)3-2-4-13/h5-6H,2-4H2,1H3,(H,15,17)(H,18,19). The van der Waals surface area contributed by atoms with Gasteiger partial charge in [0.1, 0.15) is 11.4 Å². The molecule has 1 aromatic rings. The van der Waals surface area contributed by atoms with Crippen molar-refractivity contribution in [1.29, 1.82) is 0 Å². The molecule has 0 saturated heterocycles. The number of aryl methyl sites for hydroxylation is 1. The van der Waals surface area contributed by atoms with Crippen LogP contribution in [0.2, 0.25) is 0 Å². The topological polar surface area (TPSA) is 110 Å². The molecule has 0 heterocycles. The van der Waals surface area contributed by atoms with Crippen molar-refractivity contribution in [3.63, 3.8) is 0 Å². The number of benzene rings is 1. The van der Waals surface area contributed by atoms with E-state index in [9.17, 15) is 24.1 Å². The van der Waals surface area contributed by atoms with E-state index in [4.69, 9.17) is 5.11 Å². The number of carboxylic acid groups (broad SMARTS) is 1. The summed E-state index contributed by atoms with van der Waals surface area (Å²) in [5, 5.41) is 22.2.